The summed E-state index contributed by atoms with van der Waals surface area (Å²) in [6.45, 7) is -1.79. The van der Waals surface area contributed by atoms with Gasteiger partial charge in [-0.2, -0.15) is 8.78 Å². The predicted octanol–water partition coefficient (Wildman–Crippen LogP) is 2.70. The summed E-state index contributed by atoms with van der Waals surface area (Å²) in [6, 6.07) is 3.80. The van der Waals surface area contributed by atoms with Gasteiger partial charge in [-0.15, -0.1) is 0 Å². The van der Waals surface area contributed by atoms with Gasteiger partial charge < -0.3 is 24.7 Å². The largest absolute Gasteiger partial charge is 0.493 e. The third-order valence-corrected chi connectivity index (χ3v) is 3.08. The number of hydrogen-bond donors (Lipinski definition) is 2. The normalized spacial score (nSPS) is 10.5. The molecule has 1 heterocycles. The molecule has 1 aromatic heterocycles. The van der Waals surface area contributed by atoms with Gasteiger partial charge >= 0.3 is 12.6 Å². The molecule has 7 nitrogen and oxygen atoms in total. The number of hydrogen-bond acceptors (Lipinski definition) is 4. The van der Waals surface area contributed by atoms with Crippen LogP contribution in [0.2, 0.25) is 0 Å². The highest BCUT2D eigenvalue weighted by Crippen LogP contribution is 2.31. The van der Waals surface area contributed by atoms with E-state index >= 15 is 0 Å². The number of carbonyl (C=O) groups excluding carboxylic acids is 1. The van der Waals surface area contributed by atoms with E-state index < -0.39 is 12.6 Å². The first-order chi connectivity index (χ1) is 11.6. The first-order valence-corrected chi connectivity index (χ1v) is 7.22. The molecule has 2 N–H and O–H groups in total. The topological polar surface area (TPSA) is 77.4 Å². The van der Waals surface area contributed by atoms with Crippen LogP contribution in [0.1, 0.15) is 6.42 Å². The SMILES string of the molecule is COc1ccc(NC(=O)NCCCn2ccnc2)cc1OC(F)F. The van der Waals surface area contributed by atoms with E-state index in [0.29, 0.717) is 12.2 Å². The lowest BCUT2D eigenvalue weighted by molar-refractivity contribution is -0.0511. The van der Waals surface area contributed by atoms with Crippen molar-refractivity contribution in [2.45, 2.75) is 19.6 Å². The Labute approximate surface area is 137 Å². The van der Waals surface area contributed by atoms with Crippen LogP contribution < -0.4 is 20.1 Å². The minimum atomic E-state index is -2.98. The second kappa shape index (κ2) is 8.70. The van der Waals surface area contributed by atoms with E-state index in [9.17, 15) is 13.6 Å². The number of alkyl halides is 2. The van der Waals surface area contributed by atoms with E-state index in [2.05, 4.69) is 20.4 Å². The number of rotatable bonds is 8. The highest BCUT2D eigenvalue weighted by Gasteiger charge is 2.12. The van der Waals surface area contributed by atoms with Crippen molar-refractivity contribution in [2.75, 3.05) is 19.0 Å². The zero-order valence-corrected chi connectivity index (χ0v) is 13.0. The summed E-state index contributed by atoms with van der Waals surface area (Å²) in [6.07, 6.45) is 5.94. The molecule has 0 saturated carbocycles. The number of nitrogens with one attached hydrogen (secondary N) is 2. The number of aryl methyl sites for hydroxylation is 1. The summed E-state index contributed by atoms with van der Waals surface area (Å²) in [5.74, 6) is 0.00648. The number of anilines is 1. The van der Waals surface area contributed by atoms with Gasteiger partial charge in [-0.1, -0.05) is 0 Å². The van der Waals surface area contributed by atoms with E-state index in [1.807, 2.05) is 10.8 Å². The number of ether oxygens (including phenoxy) is 2. The summed E-state index contributed by atoms with van der Waals surface area (Å²) in [4.78, 5) is 15.7. The zero-order chi connectivity index (χ0) is 17.4. The van der Waals surface area contributed by atoms with Crippen LogP contribution >= 0.6 is 0 Å². The van der Waals surface area contributed by atoms with Crippen molar-refractivity contribution in [2.24, 2.45) is 0 Å². The molecule has 0 saturated heterocycles. The molecule has 0 aliphatic heterocycles. The lowest BCUT2D eigenvalue weighted by Crippen LogP contribution is -2.30. The highest BCUT2D eigenvalue weighted by atomic mass is 19.3. The Balaban J connectivity index is 1.82. The molecule has 0 unspecified atom stereocenters. The van der Waals surface area contributed by atoms with Gasteiger partial charge in [0.1, 0.15) is 0 Å². The van der Waals surface area contributed by atoms with Crippen LogP contribution in [-0.4, -0.2) is 35.8 Å². The number of benzene rings is 1. The number of amides is 2. The van der Waals surface area contributed by atoms with Gasteiger partial charge in [0, 0.05) is 37.2 Å². The first-order valence-electron chi connectivity index (χ1n) is 7.22. The Morgan fingerprint density at radius 1 is 1.38 bits per heavy atom. The summed E-state index contributed by atoms with van der Waals surface area (Å²) < 4.78 is 35.9. The molecule has 24 heavy (non-hydrogen) atoms. The van der Waals surface area contributed by atoms with Gasteiger partial charge in [-0.05, 0) is 18.6 Å². The quantitative estimate of drug-likeness (QED) is 0.725. The third kappa shape index (κ3) is 5.41. The number of imidazole rings is 1. The minimum absolute atomic E-state index is 0.148. The molecule has 2 aromatic rings. The Bertz CT molecular complexity index is 650. The number of halogens is 2. The fraction of sp³-hybridized carbons (Fsp3) is 0.333. The summed E-state index contributed by atoms with van der Waals surface area (Å²) >= 11 is 0. The molecular formula is C15H18F2N4O3. The number of urea groups is 1. The Hall–Kier alpha value is -2.84. The molecule has 0 bridgehead atoms. The second-order valence-electron chi connectivity index (χ2n) is 4.78. The average molecular weight is 340 g/mol. The highest BCUT2D eigenvalue weighted by molar-refractivity contribution is 5.89. The molecule has 0 aliphatic rings. The van der Waals surface area contributed by atoms with Crippen molar-refractivity contribution in [3.05, 3.63) is 36.9 Å². The van der Waals surface area contributed by atoms with Crippen LogP contribution in [0.15, 0.2) is 36.9 Å². The van der Waals surface area contributed by atoms with Crippen LogP contribution in [0.25, 0.3) is 0 Å². The molecule has 0 aliphatic carbocycles. The standard InChI is InChI=1S/C15H18F2N4O3/c1-23-12-4-3-11(9-13(12)24-14(16)17)20-15(22)19-5-2-7-21-8-6-18-10-21/h3-4,6,8-10,14H,2,5,7H2,1H3,(H2,19,20,22). The van der Waals surface area contributed by atoms with Crippen molar-refractivity contribution in [3.63, 3.8) is 0 Å². The van der Waals surface area contributed by atoms with Crippen LogP contribution in [0.5, 0.6) is 11.5 Å². The number of nitrogens with zero attached hydrogens (tertiary/aromatic N) is 2. The summed E-state index contributed by atoms with van der Waals surface area (Å²) in [7, 11) is 1.34. The van der Waals surface area contributed by atoms with E-state index in [1.54, 1.807) is 12.5 Å². The lowest BCUT2D eigenvalue weighted by Gasteiger charge is -2.12. The Morgan fingerprint density at radius 3 is 2.88 bits per heavy atom. The molecule has 0 fully saturated rings. The van der Waals surface area contributed by atoms with Gasteiger partial charge in [0.25, 0.3) is 0 Å². The molecule has 0 atom stereocenters. The maximum Gasteiger partial charge on any atom is 0.387 e. The molecule has 2 rings (SSSR count). The fourth-order valence-electron chi connectivity index (χ4n) is 2.00. The third-order valence-electron chi connectivity index (χ3n) is 3.08. The van der Waals surface area contributed by atoms with Crippen molar-refractivity contribution < 1.29 is 23.0 Å². The van der Waals surface area contributed by atoms with E-state index in [0.717, 1.165) is 13.0 Å². The minimum Gasteiger partial charge on any atom is -0.493 e. The molecule has 9 heteroatoms. The van der Waals surface area contributed by atoms with Crippen molar-refractivity contribution >= 4 is 11.7 Å². The number of carbonyl (C=O) groups is 1. The van der Waals surface area contributed by atoms with E-state index in [4.69, 9.17) is 4.74 Å². The lowest BCUT2D eigenvalue weighted by atomic mass is 10.3. The predicted molar refractivity (Wildman–Crippen MR) is 83.5 cm³/mol. The number of aromatic nitrogens is 2. The van der Waals surface area contributed by atoms with Gasteiger partial charge in [-0.3, -0.25) is 0 Å². The van der Waals surface area contributed by atoms with Gasteiger partial charge in [0.2, 0.25) is 0 Å². The van der Waals surface area contributed by atoms with Crippen molar-refractivity contribution in [1.29, 1.82) is 0 Å². The molecule has 130 valence electrons. The van der Waals surface area contributed by atoms with Crippen molar-refractivity contribution in [1.82, 2.24) is 14.9 Å². The fourth-order valence-corrected chi connectivity index (χ4v) is 2.00. The first kappa shape index (κ1) is 17.5. The molecule has 0 radical (unpaired) electrons. The summed E-state index contributed by atoms with van der Waals surface area (Å²) in [5, 5.41) is 5.23. The molecular weight excluding hydrogens is 322 g/mol. The maximum atomic E-state index is 12.4. The van der Waals surface area contributed by atoms with Gasteiger partial charge in [-0.25, -0.2) is 9.78 Å². The molecule has 0 spiro atoms. The van der Waals surface area contributed by atoms with Crippen LogP contribution in [0.4, 0.5) is 19.3 Å². The van der Waals surface area contributed by atoms with Gasteiger partial charge in [0.05, 0.1) is 13.4 Å². The van der Waals surface area contributed by atoms with Crippen LogP contribution in [-0.2, 0) is 6.54 Å². The van der Waals surface area contributed by atoms with E-state index in [-0.39, 0.29) is 11.5 Å². The Kier molecular flexibility index (Phi) is 6.35. The van der Waals surface area contributed by atoms with E-state index in [1.165, 1.54) is 25.3 Å². The van der Waals surface area contributed by atoms with Gasteiger partial charge in [0.15, 0.2) is 11.5 Å². The van der Waals surface area contributed by atoms with Crippen LogP contribution in [0, 0.1) is 0 Å². The summed E-state index contributed by atoms with van der Waals surface area (Å²) in [5.41, 5.74) is 0.318. The zero-order valence-electron chi connectivity index (χ0n) is 13.0. The Morgan fingerprint density at radius 2 is 2.21 bits per heavy atom. The maximum absolute atomic E-state index is 12.4. The second-order valence-corrected chi connectivity index (χ2v) is 4.78. The monoisotopic (exact) mass is 340 g/mol. The smallest absolute Gasteiger partial charge is 0.387 e. The molecule has 1 aromatic carbocycles. The molecule has 2 amide bonds. The average Bonchev–Trinajstić information content (AvgIpc) is 3.05. The number of methoxy groups -OCH3 is 1. The van der Waals surface area contributed by atoms with Crippen LogP contribution in [0.3, 0.4) is 0 Å². The van der Waals surface area contributed by atoms with Crippen molar-refractivity contribution in [3.8, 4) is 11.5 Å².